The van der Waals surface area contributed by atoms with Gasteiger partial charge < -0.3 is 55.7 Å². The number of nitrogens with one attached hydrogen (secondary N) is 3. The molecule has 2 amide bonds. The molecule has 0 spiro atoms. The molecule has 2 saturated carbocycles. The first-order valence-corrected chi connectivity index (χ1v) is 24.5. The largest absolute Gasteiger partial charge is 0.488 e. The molecule has 3 atom stereocenters. The molecular weight excluding hydrogens is 865 g/mol. The molecule has 3 saturated heterocycles. The van der Waals surface area contributed by atoms with Gasteiger partial charge in [0.1, 0.15) is 29.9 Å². The van der Waals surface area contributed by atoms with Crippen LogP contribution in [0.25, 0.3) is 11.3 Å². The van der Waals surface area contributed by atoms with Crippen LogP contribution in [0, 0.1) is 5.41 Å². The van der Waals surface area contributed by atoms with E-state index in [2.05, 4.69) is 58.0 Å². The number of fused-ring (bicyclic) bond motifs is 2. The number of rotatable bonds is 20. The van der Waals surface area contributed by atoms with Gasteiger partial charge in [-0.2, -0.15) is 0 Å². The number of nitrogens with two attached hydrogens (primary N) is 1. The Morgan fingerprint density at radius 1 is 0.926 bits per heavy atom. The highest BCUT2D eigenvalue weighted by Gasteiger charge is 2.52. The summed E-state index contributed by atoms with van der Waals surface area (Å²) in [6, 6.07) is 21.0. The Labute approximate surface area is 398 Å². The molecule has 2 aromatic carbocycles. The van der Waals surface area contributed by atoms with Gasteiger partial charge in [0.25, 0.3) is 0 Å². The van der Waals surface area contributed by atoms with Crippen molar-refractivity contribution in [2.24, 2.45) is 5.41 Å². The maximum atomic E-state index is 13.6. The summed E-state index contributed by atoms with van der Waals surface area (Å²) in [6.45, 7) is 4.72. The lowest BCUT2D eigenvalue weighted by Gasteiger charge is -2.43. The van der Waals surface area contributed by atoms with Gasteiger partial charge >= 0.3 is 5.97 Å². The van der Waals surface area contributed by atoms with Gasteiger partial charge in [-0.15, -0.1) is 10.2 Å². The smallest absolute Gasteiger partial charge is 0.319 e. The number of carboxylic acids is 1. The van der Waals surface area contributed by atoms with E-state index < -0.39 is 23.3 Å². The van der Waals surface area contributed by atoms with Crippen LogP contribution in [0.5, 0.6) is 11.6 Å². The second-order valence-electron chi connectivity index (χ2n) is 19.5. The monoisotopic (exact) mass is 931 g/mol. The molecule has 2 bridgehead atoms. The summed E-state index contributed by atoms with van der Waals surface area (Å²) in [5.41, 5.74) is 9.95. The number of para-hydroxylation sites is 1. The summed E-state index contributed by atoms with van der Waals surface area (Å²) in [6.07, 6.45) is 11.8. The second kappa shape index (κ2) is 21.1. The van der Waals surface area contributed by atoms with E-state index in [4.69, 9.17) is 19.9 Å². The number of piperazine rings is 1. The third-order valence-electron chi connectivity index (χ3n) is 14.5. The van der Waals surface area contributed by atoms with Crippen molar-refractivity contribution in [3.05, 3.63) is 78.5 Å². The quantitative estimate of drug-likeness (QED) is 0.0536. The zero-order chi connectivity index (χ0) is 47.2. The zero-order valence-corrected chi connectivity index (χ0v) is 39.3. The van der Waals surface area contributed by atoms with Crippen molar-refractivity contribution in [2.75, 3.05) is 67.7 Å². The van der Waals surface area contributed by atoms with Crippen molar-refractivity contribution in [1.29, 1.82) is 0 Å². The van der Waals surface area contributed by atoms with E-state index in [9.17, 15) is 19.5 Å². The van der Waals surface area contributed by atoms with Crippen molar-refractivity contribution in [1.82, 2.24) is 30.7 Å². The Hall–Kier alpha value is -6.04. The molecule has 2 aliphatic carbocycles. The molecule has 68 heavy (non-hydrogen) atoms. The van der Waals surface area contributed by atoms with Gasteiger partial charge in [-0.05, 0) is 133 Å². The van der Waals surface area contributed by atoms with Gasteiger partial charge in [0, 0.05) is 67.2 Å². The normalized spacial score (nSPS) is 22.5. The maximum absolute atomic E-state index is 13.6. The lowest BCUT2D eigenvalue weighted by molar-refractivity contribution is -0.162. The Morgan fingerprint density at radius 2 is 1.68 bits per heavy atom. The number of nitrogens with zero attached hydrogens (tertiary/aromatic N) is 6. The summed E-state index contributed by atoms with van der Waals surface area (Å²) < 4.78 is 19.1. The summed E-state index contributed by atoms with van der Waals surface area (Å²) >= 11 is 0. The predicted molar refractivity (Wildman–Crippen MR) is 260 cm³/mol. The first-order chi connectivity index (χ1) is 33.0. The third-order valence-corrected chi connectivity index (χ3v) is 14.5. The standard InChI is InChI=1S/C51H66N10O7/c1-59(2)25-6-5-9-42(56-49(63)51(50(64)65)20-7-21-51)48(62)55-34-13-11-33(12-14-34)32-66-45-10-4-3-8-41(45)43-29-44(47(52)58-57-43)60-30-36-15-16-37(31-60)61(36)35-17-24-54-46(26-35)68-40-27-39(28-40)67-38-18-22-53-23-19-38/h3-4,8,10-14,17,24,26,29,36-40,42,53H,5-7,9,15-16,18-23,25,27-28,30-32H2,1-2H3,(H2,52,58)(H,55,62)(H,56,63)(H,64,65)/t36?,37?,39-,40-,42-/m0/s1. The van der Waals surface area contributed by atoms with Crippen LogP contribution in [0.3, 0.4) is 0 Å². The van der Waals surface area contributed by atoms with Crippen molar-refractivity contribution < 1.29 is 33.7 Å². The number of piperidine rings is 1. The second-order valence-corrected chi connectivity index (χ2v) is 19.5. The fourth-order valence-corrected chi connectivity index (χ4v) is 10.3. The number of hydrogen-bond donors (Lipinski definition) is 5. The van der Waals surface area contributed by atoms with Crippen molar-refractivity contribution in [3.8, 4) is 22.9 Å². The molecule has 2 unspecified atom stereocenters. The molecule has 17 heteroatoms. The van der Waals surface area contributed by atoms with Crippen LogP contribution < -0.4 is 41.0 Å². The number of benzene rings is 2. The number of aliphatic carboxylic acids is 1. The molecule has 5 fully saturated rings. The van der Waals surface area contributed by atoms with E-state index in [1.807, 2.05) is 62.8 Å². The fraction of sp³-hybridized carbons (Fsp3) is 0.529. The number of unbranched alkanes of at least 4 members (excludes halogenated alkanes) is 1. The van der Waals surface area contributed by atoms with Gasteiger partial charge in [-0.1, -0.05) is 30.7 Å². The van der Waals surface area contributed by atoms with Crippen LogP contribution >= 0.6 is 0 Å². The highest BCUT2D eigenvalue weighted by Crippen LogP contribution is 2.42. The first-order valence-electron chi connectivity index (χ1n) is 24.5. The molecule has 17 nitrogen and oxygen atoms in total. The van der Waals surface area contributed by atoms with E-state index in [0.29, 0.717) is 54.2 Å². The molecular formula is C51H66N10O7. The number of pyridine rings is 1. The Bertz CT molecular complexity index is 2370. The first kappa shape index (κ1) is 47.0. The van der Waals surface area contributed by atoms with Crippen molar-refractivity contribution >= 4 is 40.7 Å². The van der Waals surface area contributed by atoms with E-state index in [1.54, 1.807) is 12.1 Å². The highest BCUT2D eigenvalue weighted by atomic mass is 16.5. The molecule has 5 aliphatic rings. The molecule has 4 aromatic rings. The molecule has 9 rings (SSSR count). The molecule has 3 aliphatic heterocycles. The van der Waals surface area contributed by atoms with E-state index in [1.165, 1.54) is 0 Å². The van der Waals surface area contributed by atoms with Gasteiger partial charge in [-0.25, -0.2) is 4.98 Å². The van der Waals surface area contributed by atoms with Gasteiger partial charge in [0.2, 0.25) is 17.7 Å². The van der Waals surface area contributed by atoms with Crippen LogP contribution in [0.2, 0.25) is 0 Å². The number of ether oxygens (including phenoxy) is 3. The number of carboxylic acid groups (broad SMARTS) is 1. The number of aromatic nitrogens is 3. The highest BCUT2D eigenvalue weighted by molar-refractivity contribution is 6.05. The van der Waals surface area contributed by atoms with Gasteiger partial charge in [0.05, 0.1) is 23.6 Å². The summed E-state index contributed by atoms with van der Waals surface area (Å²) in [5.74, 6) is -0.434. The lowest BCUT2D eigenvalue weighted by Crippen LogP contribution is -2.55. The van der Waals surface area contributed by atoms with Gasteiger partial charge in [0.15, 0.2) is 5.82 Å². The lowest BCUT2D eigenvalue weighted by atomic mass is 9.68. The number of carbonyl (C=O) groups excluding carboxylic acids is 2. The zero-order valence-electron chi connectivity index (χ0n) is 39.3. The number of amides is 2. The van der Waals surface area contributed by atoms with Crippen LogP contribution in [-0.4, -0.2) is 126 Å². The average Bonchev–Trinajstić information content (AvgIpc) is 3.57. The topological polar surface area (TPSA) is 210 Å². The number of nitrogen functional groups attached to an aromatic ring is 1. The van der Waals surface area contributed by atoms with Crippen LogP contribution in [0.4, 0.5) is 22.9 Å². The van der Waals surface area contributed by atoms with E-state index in [0.717, 1.165) is 100 Å². The minimum atomic E-state index is -1.47. The van der Waals surface area contributed by atoms with Crippen molar-refractivity contribution in [3.63, 3.8) is 0 Å². The Balaban J connectivity index is 0.800. The summed E-state index contributed by atoms with van der Waals surface area (Å²) in [4.78, 5) is 50.3. The molecule has 5 heterocycles. The molecule has 0 radical (unpaired) electrons. The summed E-state index contributed by atoms with van der Waals surface area (Å²) in [7, 11) is 3.96. The van der Waals surface area contributed by atoms with Crippen molar-refractivity contribution in [2.45, 2.75) is 120 Å². The van der Waals surface area contributed by atoms with Gasteiger partial charge in [-0.3, -0.25) is 14.4 Å². The predicted octanol–water partition coefficient (Wildman–Crippen LogP) is 5.65. The number of carbonyl (C=O) groups is 3. The van der Waals surface area contributed by atoms with Crippen LogP contribution in [0.1, 0.15) is 82.6 Å². The Kier molecular flexibility index (Phi) is 14.6. The molecule has 2 aromatic heterocycles. The number of anilines is 4. The SMILES string of the molecule is CN(C)CCCC[C@H](NC(=O)C1(C(=O)O)CCC1)C(=O)Nc1ccc(COc2ccccc2-c2cc(N3CC4CCC(C3)N4c3ccnc(O[C@H]4C[C@H](OC5CCNCC5)C4)c3)c(N)nn2)cc1. The maximum Gasteiger partial charge on any atom is 0.319 e. The van der Waals surface area contributed by atoms with E-state index >= 15 is 0 Å². The number of hydrogen-bond acceptors (Lipinski definition) is 14. The minimum Gasteiger partial charge on any atom is -0.488 e. The fourth-order valence-electron chi connectivity index (χ4n) is 10.3. The van der Waals surface area contributed by atoms with Crippen LogP contribution in [-0.2, 0) is 25.7 Å². The molecule has 362 valence electrons. The third kappa shape index (κ3) is 10.8. The Morgan fingerprint density at radius 3 is 2.38 bits per heavy atom. The molecule has 6 N–H and O–H groups in total. The average molecular weight is 931 g/mol. The minimum absolute atomic E-state index is 0.128. The summed E-state index contributed by atoms with van der Waals surface area (Å²) in [5, 5.41) is 27.9. The van der Waals surface area contributed by atoms with Crippen LogP contribution in [0.15, 0.2) is 72.9 Å². The van der Waals surface area contributed by atoms with E-state index in [-0.39, 0.29) is 49.6 Å².